The minimum absolute atomic E-state index is 0.154. The van der Waals surface area contributed by atoms with Crippen LogP contribution in [-0.2, 0) is 11.2 Å². The van der Waals surface area contributed by atoms with Crippen LogP contribution >= 0.6 is 0 Å². The van der Waals surface area contributed by atoms with Crippen LogP contribution in [0.1, 0.15) is 104 Å². The largest absolute Gasteiger partial charge is 0.487 e. The maximum atomic E-state index is 12.9. The van der Waals surface area contributed by atoms with Gasteiger partial charge in [0.25, 0.3) is 0 Å². The summed E-state index contributed by atoms with van der Waals surface area (Å²) >= 11 is 0. The number of unbranched alkanes of at least 4 members (excludes halogenated alkanes) is 2. The monoisotopic (exact) mass is 441 g/mol. The second kappa shape index (κ2) is 10.9. The third-order valence-corrected chi connectivity index (χ3v) is 7.13. The normalized spacial score (nSPS) is 25.4. The number of rotatable bonds is 6. The first-order valence-electron chi connectivity index (χ1n) is 12.9. The van der Waals surface area contributed by atoms with E-state index < -0.39 is 0 Å². The Labute approximate surface area is 195 Å². The molecule has 4 nitrogen and oxygen atoms in total. The summed E-state index contributed by atoms with van der Waals surface area (Å²) in [5, 5.41) is 3.27. The molecule has 178 valence electrons. The molecular weight excluding hydrogens is 398 g/mol. The Kier molecular flexibility index (Phi) is 8.43. The molecule has 2 aliphatic heterocycles. The Morgan fingerprint density at radius 3 is 2.69 bits per heavy atom. The van der Waals surface area contributed by atoms with Crippen LogP contribution in [0.25, 0.3) is 0 Å². The number of esters is 1. The van der Waals surface area contributed by atoms with E-state index in [0.717, 1.165) is 56.4 Å². The maximum absolute atomic E-state index is 12.9. The summed E-state index contributed by atoms with van der Waals surface area (Å²) in [6.07, 6.45) is 11.0. The van der Waals surface area contributed by atoms with Crippen molar-refractivity contribution in [1.82, 2.24) is 5.32 Å². The quantitative estimate of drug-likeness (QED) is 0.230. The third kappa shape index (κ3) is 5.39. The highest BCUT2D eigenvalue weighted by atomic mass is 16.5. The molecule has 1 fully saturated rings. The van der Waals surface area contributed by atoms with Crippen LogP contribution < -0.4 is 14.8 Å². The van der Waals surface area contributed by atoms with Gasteiger partial charge in [0.15, 0.2) is 0 Å². The SMILES string of the molecule is CC.CCCCCc1cc(OC(=O)C2CCCN2)c2c(c1)OC(C)(C)C1CCC(C)=CC21. The first-order chi connectivity index (χ1) is 15.4. The Balaban J connectivity index is 0.00000141. The number of hydrogen-bond donors (Lipinski definition) is 1. The lowest BCUT2D eigenvalue weighted by Gasteiger charge is -2.46. The predicted molar refractivity (Wildman–Crippen MR) is 132 cm³/mol. The molecule has 0 spiro atoms. The van der Waals surface area contributed by atoms with Gasteiger partial charge >= 0.3 is 5.97 Å². The van der Waals surface area contributed by atoms with Crippen molar-refractivity contribution in [1.29, 1.82) is 0 Å². The van der Waals surface area contributed by atoms with Gasteiger partial charge in [-0.3, -0.25) is 0 Å². The van der Waals surface area contributed by atoms with Crippen molar-refractivity contribution in [3.63, 3.8) is 0 Å². The minimum Gasteiger partial charge on any atom is -0.487 e. The van der Waals surface area contributed by atoms with Crippen molar-refractivity contribution < 1.29 is 14.3 Å². The fraction of sp³-hybridized carbons (Fsp3) is 0.679. The molecule has 3 atom stereocenters. The smallest absolute Gasteiger partial charge is 0.328 e. The van der Waals surface area contributed by atoms with Gasteiger partial charge in [-0.1, -0.05) is 45.3 Å². The zero-order valence-corrected chi connectivity index (χ0v) is 21.1. The van der Waals surface area contributed by atoms with Crippen molar-refractivity contribution in [3.05, 3.63) is 34.9 Å². The van der Waals surface area contributed by atoms with Crippen LogP contribution in [0, 0.1) is 5.92 Å². The molecule has 3 aliphatic rings. The standard InChI is InChI=1S/C26H37NO3.C2H6/c1-5-6-7-9-18-15-22(29-25(28)21-10-8-13-27-21)24-19-14-17(2)11-12-20(19)26(3,4)30-23(24)16-18;1-2/h14-16,19-21,27H,5-13H2,1-4H3;1-2H3. The molecule has 0 saturated carbocycles. The minimum atomic E-state index is -0.231. The van der Waals surface area contributed by atoms with E-state index in [2.05, 4.69) is 51.2 Å². The zero-order valence-electron chi connectivity index (χ0n) is 21.1. The molecule has 0 bridgehead atoms. The number of aryl methyl sites for hydroxylation is 1. The molecule has 0 radical (unpaired) electrons. The number of nitrogens with one attached hydrogen (secondary N) is 1. The second-order valence-corrected chi connectivity index (χ2v) is 9.92. The maximum Gasteiger partial charge on any atom is 0.328 e. The fourth-order valence-electron chi connectivity index (χ4n) is 5.43. The molecule has 3 unspecified atom stereocenters. The fourth-order valence-corrected chi connectivity index (χ4v) is 5.43. The highest BCUT2D eigenvalue weighted by molar-refractivity contribution is 5.79. The van der Waals surface area contributed by atoms with Gasteiger partial charge in [-0.25, -0.2) is 4.79 Å². The zero-order chi connectivity index (χ0) is 23.3. The lowest BCUT2D eigenvalue weighted by atomic mass is 9.68. The number of benzene rings is 1. The van der Waals surface area contributed by atoms with Gasteiger partial charge in [0.1, 0.15) is 23.1 Å². The average molecular weight is 442 g/mol. The van der Waals surface area contributed by atoms with Gasteiger partial charge < -0.3 is 14.8 Å². The molecule has 0 amide bonds. The number of fused-ring (bicyclic) bond motifs is 3. The van der Waals surface area contributed by atoms with E-state index >= 15 is 0 Å². The van der Waals surface area contributed by atoms with Crippen molar-refractivity contribution in [2.75, 3.05) is 6.54 Å². The van der Waals surface area contributed by atoms with Crippen LogP contribution in [0.4, 0.5) is 0 Å². The molecule has 4 heteroatoms. The topological polar surface area (TPSA) is 47.6 Å². The number of allylic oxidation sites excluding steroid dienone is 2. The van der Waals surface area contributed by atoms with Crippen LogP contribution in [0.15, 0.2) is 23.8 Å². The van der Waals surface area contributed by atoms with Gasteiger partial charge in [-0.2, -0.15) is 0 Å². The van der Waals surface area contributed by atoms with E-state index in [0.29, 0.717) is 11.7 Å². The average Bonchev–Trinajstić information content (AvgIpc) is 3.29. The lowest BCUT2D eigenvalue weighted by molar-refractivity contribution is -0.136. The molecular formula is C28H43NO3. The van der Waals surface area contributed by atoms with Gasteiger partial charge in [-0.05, 0) is 83.5 Å². The van der Waals surface area contributed by atoms with Gasteiger partial charge in [0.2, 0.25) is 0 Å². The van der Waals surface area contributed by atoms with Crippen molar-refractivity contribution in [2.24, 2.45) is 5.92 Å². The van der Waals surface area contributed by atoms with E-state index in [4.69, 9.17) is 9.47 Å². The second-order valence-electron chi connectivity index (χ2n) is 9.92. The number of carbonyl (C=O) groups excluding carboxylic acids is 1. The number of carbonyl (C=O) groups is 1. The van der Waals surface area contributed by atoms with Crippen LogP contribution in [-0.4, -0.2) is 24.2 Å². The summed E-state index contributed by atoms with van der Waals surface area (Å²) in [6.45, 7) is 13.7. The Bertz CT molecular complexity index is 820. The predicted octanol–water partition coefficient (Wildman–Crippen LogP) is 6.71. The summed E-state index contributed by atoms with van der Waals surface area (Å²) in [4.78, 5) is 12.9. The summed E-state index contributed by atoms with van der Waals surface area (Å²) in [6, 6.07) is 4.12. The number of ether oxygens (including phenoxy) is 2. The van der Waals surface area contributed by atoms with E-state index in [-0.39, 0.29) is 23.5 Å². The first-order valence-corrected chi connectivity index (χ1v) is 12.9. The molecule has 32 heavy (non-hydrogen) atoms. The summed E-state index contributed by atoms with van der Waals surface area (Å²) < 4.78 is 12.7. The Morgan fingerprint density at radius 2 is 2.00 bits per heavy atom. The molecule has 1 aromatic carbocycles. The summed E-state index contributed by atoms with van der Waals surface area (Å²) in [5.74, 6) is 2.10. The van der Waals surface area contributed by atoms with Crippen molar-refractivity contribution in [2.45, 2.75) is 110 Å². The molecule has 2 heterocycles. The van der Waals surface area contributed by atoms with E-state index in [1.807, 2.05) is 13.8 Å². The Morgan fingerprint density at radius 1 is 1.22 bits per heavy atom. The van der Waals surface area contributed by atoms with Gasteiger partial charge in [0.05, 0.1) is 0 Å². The third-order valence-electron chi connectivity index (χ3n) is 7.13. The molecule has 1 N–H and O–H groups in total. The molecule has 0 aromatic heterocycles. The highest BCUT2D eigenvalue weighted by Crippen LogP contribution is 2.53. The highest BCUT2D eigenvalue weighted by Gasteiger charge is 2.45. The van der Waals surface area contributed by atoms with Gasteiger partial charge in [-0.15, -0.1) is 0 Å². The van der Waals surface area contributed by atoms with Crippen LogP contribution in [0.3, 0.4) is 0 Å². The number of hydrogen-bond acceptors (Lipinski definition) is 4. The van der Waals surface area contributed by atoms with Gasteiger partial charge in [0, 0.05) is 17.4 Å². The Hall–Kier alpha value is -1.81. The van der Waals surface area contributed by atoms with Crippen molar-refractivity contribution >= 4 is 5.97 Å². The van der Waals surface area contributed by atoms with Crippen molar-refractivity contribution in [3.8, 4) is 11.5 Å². The lowest BCUT2D eigenvalue weighted by Crippen LogP contribution is -2.45. The van der Waals surface area contributed by atoms with Crippen LogP contribution in [0.2, 0.25) is 0 Å². The van der Waals surface area contributed by atoms with Crippen LogP contribution in [0.5, 0.6) is 11.5 Å². The van der Waals surface area contributed by atoms with E-state index in [1.165, 1.54) is 24.0 Å². The summed E-state index contributed by atoms with van der Waals surface area (Å²) in [7, 11) is 0. The van der Waals surface area contributed by atoms with E-state index in [9.17, 15) is 4.79 Å². The molecule has 1 saturated heterocycles. The first kappa shape index (κ1) is 24.8. The van der Waals surface area contributed by atoms with E-state index in [1.54, 1.807) is 0 Å². The summed E-state index contributed by atoms with van der Waals surface area (Å²) in [5.41, 5.74) is 3.46. The molecule has 1 aliphatic carbocycles. The molecule has 1 aromatic rings. The molecule has 4 rings (SSSR count).